The molecule has 2 amide bonds. The molecule has 0 bridgehead atoms. The van der Waals surface area contributed by atoms with Crippen LogP contribution in [0.4, 0.5) is 11.4 Å². The van der Waals surface area contributed by atoms with Crippen molar-refractivity contribution in [3.8, 4) is 0 Å². The fourth-order valence-corrected chi connectivity index (χ4v) is 1.95. The Kier molecular flexibility index (Phi) is 3.74. The minimum atomic E-state index is -0.762. The molecule has 2 rings (SSSR count). The number of nitrogens with zero attached hydrogens (tertiary/aromatic N) is 2. The lowest BCUT2D eigenvalue weighted by Gasteiger charge is -2.14. The lowest BCUT2D eigenvalue weighted by atomic mass is 10.3. The number of hydrogen-bond donors (Lipinski definition) is 1. The van der Waals surface area contributed by atoms with Crippen LogP contribution in [0.15, 0.2) is 24.3 Å². The highest BCUT2D eigenvalue weighted by atomic mass is 16.6. The molecule has 1 N–H and O–H groups in total. The number of benzene rings is 1. The predicted octanol–water partition coefficient (Wildman–Crippen LogP) is 1.16. The molecule has 0 spiro atoms. The van der Waals surface area contributed by atoms with E-state index in [1.54, 1.807) is 0 Å². The van der Waals surface area contributed by atoms with Crippen LogP contribution in [0.3, 0.4) is 0 Å². The number of nitrogens with one attached hydrogen (secondary N) is 1. The van der Waals surface area contributed by atoms with E-state index in [4.69, 9.17) is 0 Å². The summed E-state index contributed by atoms with van der Waals surface area (Å²) in [7, 11) is 0. The van der Waals surface area contributed by atoms with Crippen LogP contribution in [-0.2, 0) is 9.59 Å². The van der Waals surface area contributed by atoms with Gasteiger partial charge >= 0.3 is 11.8 Å². The van der Waals surface area contributed by atoms with E-state index in [1.165, 1.54) is 29.2 Å². The standard InChI is InChI=1S/C12H13N3O4/c16-11(12(17)14-6-1-2-7-14)13-9-4-3-5-10(8-9)15(18)19/h3-5,8H,1-2,6-7H2,(H,13,16). The van der Waals surface area contributed by atoms with Crippen molar-refractivity contribution in [3.63, 3.8) is 0 Å². The molecule has 1 aliphatic rings. The maximum Gasteiger partial charge on any atom is 0.313 e. The Morgan fingerprint density at radius 2 is 1.95 bits per heavy atom. The highest BCUT2D eigenvalue weighted by Gasteiger charge is 2.24. The fourth-order valence-electron chi connectivity index (χ4n) is 1.95. The largest absolute Gasteiger partial charge is 0.334 e. The molecule has 1 fully saturated rings. The number of amides is 2. The van der Waals surface area contributed by atoms with Crippen molar-refractivity contribution in [3.05, 3.63) is 34.4 Å². The molecule has 0 radical (unpaired) electrons. The molecule has 1 saturated heterocycles. The molecule has 1 aromatic rings. The third kappa shape index (κ3) is 3.06. The topological polar surface area (TPSA) is 92.5 Å². The molecule has 7 nitrogen and oxygen atoms in total. The van der Waals surface area contributed by atoms with E-state index >= 15 is 0 Å². The van der Waals surface area contributed by atoms with E-state index in [2.05, 4.69) is 5.32 Å². The van der Waals surface area contributed by atoms with Crippen molar-refractivity contribution in [2.24, 2.45) is 0 Å². The van der Waals surface area contributed by atoms with Crippen LogP contribution in [0.5, 0.6) is 0 Å². The van der Waals surface area contributed by atoms with Crippen molar-refractivity contribution in [1.82, 2.24) is 4.90 Å². The Balaban J connectivity index is 2.04. The molecule has 1 aromatic carbocycles. The van der Waals surface area contributed by atoms with Crippen molar-refractivity contribution in [1.29, 1.82) is 0 Å². The highest BCUT2D eigenvalue weighted by molar-refractivity contribution is 6.39. The van der Waals surface area contributed by atoms with E-state index in [0.29, 0.717) is 13.1 Å². The van der Waals surface area contributed by atoms with Gasteiger partial charge in [-0.1, -0.05) is 6.07 Å². The SMILES string of the molecule is O=C(Nc1cccc([N+](=O)[O-])c1)C(=O)N1CCCC1. The minimum Gasteiger partial charge on any atom is -0.334 e. The number of hydrogen-bond acceptors (Lipinski definition) is 4. The Hall–Kier alpha value is -2.44. The van der Waals surface area contributed by atoms with E-state index < -0.39 is 16.7 Å². The van der Waals surface area contributed by atoms with Crippen LogP contribution in [-0.4, -0.2) is 34.7 Å². The molecule has 19 heavy (non-hydrogen) atoms. The van der Waals surface area contributed by atoms with Crippen molar-refractivity contribution in [2.75, 3.05) is 18.4 Å². The van der Waals surface area contributed by atoms with Crippen LogP contribution < -0.4 is 5.32 Å². The molecule has 0 aliphatic carbocycles. The van der Waals surface area contributed by atoms with Crippen LogP contribution in [0.1, 0.15) is 12.8 Å². The van der Waals surface area contributed by atoms with Crippen molar-refractivity contribution in [2.45, 2.75) is 12.8 Å². The maximum absolute atomic E-state index is 11.7. The van der Waals surface area contributed by atoms with Gasteiger partial charge < -0.3 is 10.2 Å². The fraction of sp³-hybridized carbons (Fsp3) is 0.333. The Bertz CT molecular complexity index is 523. The quantitative estimate of drug-likeness (QED) is 0.492. The smallest absolute Gasteiger partial charge is 0.313 e. The number of nitro groups is 1. The number of carbonyl (C=O) groups excluding carboxylic acids is 2. The van der Waals surface area contributed by atoms with Gasteiger partial charge in [0.05, 0.1) is 4.92 Å². The van der Waals surface area contributed by atoms with Gasteiger partial charge in [0, 0.05) is 30.9 Å². The summed E-state index contributed by atoms with van der Waals surface area (Å²) in [4.78, 5) is 35.0. The van der Waals surface area contributed by atoms with Crippen LogP contribution in [0, 0.1) is 10.1 Å². The monoisotopic (exact) mass is 263 g/mol. The maximum atomic E-state index is 11.7. The van der Waals surface area contributed by atoms with E-state index in [-0.39, 0.29) is 11.4 Å². The predicted molar refractivity (Wildman–Crippen MR) is 67.5 cm³/mol. The van der Waals surface area contributed by atoms with Gasteiger partial charge in [-0.2, -0.15) is 0 Å². The number of rotatable bonds is 2. The average Bonchev–Trinajstić information content (AvgIpc) is 2.92. The minimum absolute atomic E-state index is 0.133. The molecule has 7 heteroatoms. The molecular formula is C12H13N3O4. The van der Waals surface area contributed by atoms with Gasteiger partial charge in [0.2, 0.25) is 0 Å². The van der Waals surface area contributed by atoms with Crippen molar-refractivity contribution >= 4 is 23.2 Å². The van der Waals surface area contributed by atoms with E-state index in [0.717, 1.165) is 12.8 Å². The second-order valence-electron chi connectivity index (χ2n) is 4.26. The van der Waals surface area contributed by atoms with E-state index in [1.807, 2.05) is 0 Å². The van der Waals surface area contributed by atoms with E-state index in [9.17, 15) is 19.7 Å². The van der Waals surface area contributed by atoms with Gasteiger partial charge in [0.25, 0.3) is 5.69 Å². The number of nitro benzene ring substituents is 1. The van der Waals surface area contributed by atoms with Gasteiger partial charge in [0.15, 0.2) is 0 Å². The summed E-state index contributed by atoms with van der Waals surface area (Å²) in [5.41, 5.74) is 0.109. The summed E-state index contributed by atoms with van der Waals surface area (Å²) in [5, 5.41) is 13.0. The molecule has 0 aromatic heterocycles. The van der Waals surface area contributed by atoms with Gasteiger partial charge in [-0.25, -0.2) is 0 Å². The Labute approximate surface area is 109 Å². The van der Waals surface area contributed by atoms with Gasteiger partial charge in [-0.15, -0.1) is 0 Å². The summed E-state index contributed by atoms with van der Waals surface area (Å²) in [5.74, 6) is -1.36. The van der Waals surface area contributed by atoms with Gasteiger partial charge in [-0.05, 0) is 18.9 Å². The summed E-state index contributed by atoms with van der Waals surface area (Å²) in [6.07, 6.45) is 1.80. The summed E-state index contributed by atoms with van der Waals surface area (Å²) >= 11 is 0. The zero-order chi connectivity index (χ0) is 13.8. The first-order chi connectivity index (χ1) is 9.08. The highest BCUT2D eigenvalue weighted by Crippen LogP contribution is 2.17. The summed E-state index contributed by atoms with van der Waals surface area (Å²) in [6, 6.07) is 5.49. The Morgan fingerprint density at radius 1 is 1.26 bits per heavy atom. The number of non-ortho nitro benzene ring substituents is 1. The van der Waals surface area contributed by atoms with Gasteiger partial charge in [-0.3, -0.25) is 19.7 Å². The molecular weight excluding hydrogens is 250 g/mol. The second-order valence-corrected chi connectivity index (χ2v) is 4.26. The first-order valence-electron chi connectivity index (χ1n) is 5.92. The number of anilines is 1. The zero-order valence-corrected chi connectivity index (χ0v) is 10.2. The first-order valence-corrected chi connectivity index (χ1v) is 5.92. The normalized spacial score (nSPS) is 14.2. The number of likely N-dealkylation sites (tertiary alicyclic amines) is 1. The first kappa shape index (κ1) is 13.0. The average molecular weight is 263 g/mol. The van der Waals surface area contributed by atoms with Crippen LogP contribution in [0.2, 0.25) is 0 Å². The van der Waals surface area contributed by atoms with Crippen molar-refractivity contribution < 1.29 is 14.5 Å². The summed E-state index contributed by atoms with van der Waals surface area (Å²) in [6.45, 7) is 1.17. The number of carbonyl (C=O) groups is 2. The molecule has 100 valence electrons. The third-order valence-corrected chi connectivity index (χ3v) is 2.90. The lowest BCUT2D eigenvalue weighted by Crippen LogP contribution is -2.37. The van der Waals surface area contributed by atoms with Crippen LogP contribution in [0.25, 0.3) is 0 Å². The summed E-state index contributed by atoms with van der Waals surface area (Å²) < 4.78 is 0. The Morgan fingerprint density at radius 3 is 2.58 bits per heavy atom. The van der Waals surface area contributed by atoms with Crippen LogP contribution >= 0.6 is 0 Å². The second kappa shape index (κ2) is 5.47. The third-order valence-electron chi connectivity index (χ3n) is 2.90. The molecule has 1 aliphatic heterocycles. The molecule has 0 unspecified atom stereocenters. The molecule has 0 saturated carbocycles. The van der Waals surface area contributed by atoms with Gasteiger partial charge in [0.1, 0.15) is 0 Å². The lowest BCUT2D eigenvalue weighted by molar-refractivity contribution is -0.384. The molecule has 0 atom stereocenters. The molecule has 1 heterocycles. The zero-order valence-electron chi connectivity index (χ0n) is 10.2.